The fourth-order valence-electron chi connectivity index (χ4n) is 3.26. The topological polar surface area (TPSA) is 20.2 Å². The molecule has 2 rings (SSSR count). The van der Waals surface area contributed by atoms with Crippen molar-refractivity contribution >= 4 is 22.6 Å². The molecule has 0 radical (unpaired) electrons. The lowest BCUT2D eigenvalue weighted by Gasteiger charge is -2.38. The Bertz CT molecular complexity index is 204. The molecule has 2 heteroatoms. The van der Waals surface area contributed by atoms with Crippen LogP contribution in [0.4, 0.5) is 0 Å². The van der Waals surface area contributed by atoms with Gasteiger partial charge in [0.2, 0.25) is 0 Å². The Kier molecular flexibility index (Phi) is 2.00. The van der Waals surface area contributed by atoms with E-state index in [-0.39, 0.29) is 11.5 Å². The van der Waals surface area contributed by atoms with Gasteiger partial charge in [-0.2, -0.15) is 0 Å². The van der Waals surface area contributed by atoms with Gasteiger partial charge in [-0.25, -0.2) is 0 Å². The molecule has 2 aliphatic rings. The van der Waals surface area contributed by atoms with Crippen molar-refractivity contribution in [2.75, 3.05) is 4.43 Å². The van der Waals surface area contributed by atoms with E-state index in [0.717, 1.165) is 12.3 Å². The molecule has 2 bridgehead atoms. The van der Waals surface area contributed by atoms with Crippen LogP contribution in [-0.2, 0) is 0 Å². The third kappa shape index (κ3) is 0.834. The van der Waals surface area contributed by atoms with Gasteiger partial charge in [-0.05, 0) is 36.0 Å². The van der Waals surface area contributed by atoms with Gasteiger partial charge in [0, 0.05) is 4.43 Å². The average Bonchev–Trinajstić information content (AvgIpc) is 2.39. The van der Waals surface area contributed by atoms with Crippen molar-refractivity contribution in [2.45, 2.75) is 39.2 Å². The van der Waals surface area contributed by atoms with Gasteiger partial charge in [0.25, 0.3) is 0 Å². The summed E-state index contributed by atoms with van der Waals surface area (Å²) in [5.74, 6) is 0.786. The molecular weight excluding hydrogens is 263 g/mol. The minimum absolute atomic E-state index is 0.0315. The Hall–Kier alpha value is 0.690. The van der Waals surface area contributed by atoms with Crippen LogP contribution in [0.25, 0.3) is 0 Å². The van der Waals surface area contributed by atoms with Crippen molar-refractivity contribution in [1.29, 1.82) is 0 Å². The second-order valence-corrected chi connectivity index (χ2v) is 5.72. The van der Waals surface area contributed by atoms with Crippen molar-refractivity contribution in [3.8, 4) is 0 Å². The van der Waals surface area contributed by atoms with Crippen LogP contribution in [0.1, 0.15) is 33.1 Å². The van der Waals surface area contributed by atoms with Gasteiger partial charge < -0.3 is 5.11 Å². The Morgan fingerprint density at radius 2 is 2.17 bits per heavy atom. The third-order valence-corrected chi connectivity index (χ3v) is 6.32. The molecule has 0 spiro atoms. The van der Waals surface area contributed by atoms with Crippen LogP contribution in [0.2, 0.25) is 0 Å². The molecule has 0 aliphatic heterocycles. The summed E-state index contributed by atoms with van der Waals surface area (Å²) in [6.07, 6.45) is 3.59. The first-order valence-corrected chi connectivity index (χ1v) is 6.31. The molecule has 12 heavy (non-hydrogen) atoms. The molecule has 4 atom stereocenters. The molecule has 0 amide bonds. The molecule has 1 N–H and O–H groups in total. The molecule has 2 fully saturated rings. The number of fused-ring (bicyclic) bond motifs is 2. The van der Waals surface area contributed by atoms with E-state index in [1.165, 1.54) is 17.3 Å². The number of halogens is 1. The lowest BCUT2D eigenvalue weighted by atomic mass is 9.70. The highest BCUT2D eigenvalue weighted by Gasteiger charge is 2.62. The first-order chi connectivity index (χ1) is 5.54. The van der Waals surface area contributed by atoms with E-state index in [0.29, 0.717) is 5.41 Å². The number of rotatable bonds is 1. The highest BCUT2D eigenvalue weighted by molar-refractivity contribution is 14.1. The molecular formula is C10H17IO. The van der Waals surface area contributed by atoms with Crippen LogP contribution in [-0.4, -0.2) is 15.6 Å². The highest BCUT2D eigenvalue weighted by atomic mass is 127. The van der Waals surface area contributed by atoms with Gasteiger partial charge in [0.05, 0.1) is 6.10 Å². The van der Waals surface area contributed by atoms with Crippen LogP contribution >= 0.6 is 22.6 Å². The first kappa shape index (κ1) is 9.25. The standard InChI is InChI=1S/C10H17IO/c1-9-4-3-7(5-8(9)12)10(9,2)6-11/h7-8,12H,3-6H2,1-2H3/t7-,8-,9+,10+/m0/s1. The summed E-state index contributed by atoms with van der Waals surface area (Å²) in [7, 11) is 0. The van der Waals surface area contributed by atoms with Crippen LogP contribution in [0.15, 0.2) is 0 Å². The van der Waals surface area contributed by atoms with Crippen LogP contribution in [0.5, 0.6) is 0 Å². The molecule has 0 aromatic carbocycles. The zero-order valence-corrected chi connectivity index (χ0v) is 9.97. The van der Waals surface area contributed by atoms with E-state index < -0.39 is 0 Å². The number of hydrogen-bond acceptors (Lipinski definition) is 1. The van der Waals surface area contributed by atoms with Gasteiger partial charge in [-0.15, -0.1) is 0 Å². The smallest absolute Gasteiger partial charge is 0.0602 e. The van der Waals surface area contributed by atoms with Crippen LogP contribution < -0.4 is 0 Å². The van der Waals surface area contributed by atoms with Crippen LogP contribution in [0, 0.1) is 16.7 Å². The predicted molar refractivity (Wildman–Crippen MR) is 58.4 cm³/mol. The lowest BCUT2D eigenvalue weighted by Crippen LogP contribution is -2.38. The zero-order chi connectivity index (χ0) is 8.98. The van der Waals surface area contributed by atoms with Gasteiger partial charge in [0.1, 0.15) is 0 Å². The summed E-state index contributed by atoms with van der Waals surface area (Å²) in [6.45, 7) is 4.65. The highest BCUT2D eigenvalue weighted by Crippen LogP contribution is 2.66. The summed E-state index contributed by atoms with van der Waals surface area (Å²) in [5, 5.41) is 9.94. The molecule has 2 aliphatic carbocycles. The van der Waals surface area contributed by atoms with Crippen molar-refractivity contribution in [2.24, 2.45) is 16.7 Å². The van der Waals surface area contributed by atoms with E-state index in [1.54, 1.807) is 0 Å². The lowest BCUT2D eigenvalue weighted by molar-refractivity contribution is 0.0154. The van der Waals surface area contributed by atoms with Crippen molar-refractivity contribution in [3.63, 3.8) is 0 Å². The summed E-state index contributed by atoms with van der Waals surface area (Å²) in [5.41, 5.74) is 0.631. The van der Waals surface area contributed by atoms with Gasteiger partial charge >= 0.3 is 0 Å². The summed E-state index contributed by atoms with van der Waals surface area (Å²) < 4.78 is 1.20. The third-order valence-electron chi connectivity index (χ3n) is 4.74. The number of aliphatic hydroxyl groups excluding tert-OH is 1. The Balaban J connectivity index is 2.38. The van der Waals surface area contributed by atoms with Crippen molar-refractivity contribution < 1.29 is 5.11 Å². The van der Waals surface area contributed by atoms with Gasteiger partial charge in [-0.1, -0.05) is 36.4 Å². The summed E-state index contributed by atoms with van der Waals surface area (Å²) >= 11 is 2.49. The molecule has 0 unspecified atom stereocenters. The van der Waals surface area contributed by atoms with E-state index in [2.05, 4.69) is 36.4 Å². The van der Waals surface area contributed by atoms with E-state index >= 15 is 0 Å². The minimum atomic E-state index is -0.0315. The van der Waals surface area contributed by atoms with E-state index in [4.69, 9.17) is 0 Å². The first-order valence-electron chi connectivity index (χ1n) is 4.78. The largest absolute Gasteiger partial charge is 0.393 e. The Labute approximate surface area is 88.1 Å². The molecule has 1 nitrogen and oxygen atoms in total. The second-order valence-electron chi connectivity index (χ2n) is 4.96. The minimum Gasteiger partial charge on any atom is -0.393 e. The van der Waals surface area contributed by atoms with Crippen molar-refractivity contribution in [1.82, 2.24) is 0 Å². The number of hydrogen-bond donors (Lipinski definition) is 1. The summed E-state index contributed by atoms with van der Waals surface area (Å²) in [4.78, 5) is 0. The molecule has 70 valence electrons. The molecule has 0 heterocycles. The molecule has 2 saturated carbocycles. The molecule has 0 aromatic rings. The number of aliphatic hydroxyl groups is 1. The fraction of sp³-hybridized carbons (Fsp3) is 1.00. The predicted octanol–water partition coefficient (Wildman–Crippen LogP) is 2.61. The normalized spacial score (nSPS) is 58.0. The average molecular weight is 280 g/mol. The molecule has 0 aromatic heterocycles. The molecule has 0 saturated heterocycles. The number of alkyl halides is 1. The van der Waals surface area contributed by atoms with E-state index in [9.17, 15) is 5.11 Å². The monoisotopic (exact) mass is 280 g/mol. The Morgan fingerprint density at radius 3 is 2.42 bits per heavy atom. The fourth-order valence-corrected chi connectivity index (χ4v) is 4.76. The summed E-state index contributed by atoms with van der Waals surface area (Å²) in [6, 6.07) is 0. The van der Waals surface area contributed by atoms with Crippen molar-refractivity contribution in [3.05, 3.63) is 0 Å². The van der Waals surface area contributed by atoms with E-state index in [1.807, 2.05) is 0 Å². The second kappa shape index (κ2) is 2.59. The zero-order valence-electron chi connectivity index (χ0n) is 7.81. The quantitative estimate of drug-likeness (QED) is 0.578. The van der Waals surface area contributed by atoms with Crippen LogP contribution in [0.3, 0.4) is 0 Å². The maximum atomic E-state index is 9.94. The SMILES string of the molecule is C[C@@]1(CI)[C@H]2CC[C@]1(C)[C@@H](O)C2. The maximum Gasteiger partial charge on any atom is 0.0602 e. The van der Waals surface area contributed by atoms with Gasteiger partial charge in [0.15, 0.2) is 0 Å². The van der Waals surface area contributed by atoms with Gasteiger partial charge in [-0.3, -0.25) is 0 Å². The maximum absolute atomic E-state index is 9.94. The Morgan fingerprint density at radius 1 is 1.50 bits per heavy atom.